The van der Waals surface area contributed by atoms with Gasteiger partial charge >= 0.3 is 0 Å². The number of hydrogen-bond donors (Lipinski definition) is 3. The molecule has 1 aromatic rings. The Morgan fingerprint density at radius 1 is 1.48 bits per heavy atom. The Kier molecular flexibility index (Phi) is 5.16. The van der Waals surface area contributed by atoms with E-state index in [0.717, 1.165) is 12.8 Å². The van der Waals surface area contributed by atoms with E-state index in [1.54, 1.807) is 12.1 Å². The van der Waals surface area contributed by atoms with E-state index >= 15 is 0 Å². The number of nitrogens with zero attached hydrogens (tertiary/aromatic N) is 1. The van der Waals surface area contributed by atoms with Crippen molar-refractivity contribution >= 4 is 11.7 Å². The molecule has 1 aliphatic rings. The molecule has 21 heavy (non-hydrogen) atoms. The van der Waals surface area contributed by atoms with Gasteiger partial charge in [0.05, 0.1) is 6.10 Å². The maximum Gasteiger partial charge on any atom is 0.235 e. The van der Waals surface area contributed by atoms with E-state index in [-0.39, 0.29) is 23.9 Å². The van der Waals surface area contributed by atoms with Gasteiger partial charge in [0.15, 0.2) is 5.84 Å². The van der Waals surface area contributed by atoms with E-state index in [0.29, 0.717) is 12.2 Å². The minimum absolute atomic E-state index is 0.0896. The number of ether oxygens (including phenoxy) is 1. The topological polar surface area (TPSA) is 96.9 Å². The Hall–Kier alpha value is -2.08. The van der Waals surface area contributed by atoms with Crippen molar-refractivity contribution in [3.05, 3.63) is 35.9 Å². The molecule has 1 fully saturated rings. The number of oxime groups is 1. The molecule has 0 heterocycles. The molecule has 0 spiro atoms. The maximum atomic E-state index is 12.4. The fourth-order valence-electron chi connectivity index (χ4n) is 2.50. The van der Waals surface area contributed by atoms with E-state index in [4.69, 9.17) is 15.7 Å². The van der Waals surface area contributed by atoms with Gasteiger partial charge in [-0.05, 0) is 25.3 Å². The monoisotopic (exact) mass is 291 g/mol. The smallest absolute Gasteiger partial charge is 0.235 e. The third-order valence-electron chi connectivity index (χ3n) is 3.65. The molecule has 1 aromatic carbocycles. The van der Waals surface area contributed by atoms with E-state index in [9.17, 15) is 4.79 Å². The Balaban J connectivity index is 2.00. The molecular formula is C15H21N3O3. The van der Waals surface area contributed by atoms with Gasteiger partial charge in [0.2, 0.25) is 5.91 Å². The predicted molar refractivity (Wildman–Crippen MR) is 79.2 cm³/mol. The van der Waals surface area contributed by atoms with E-state index < -0.39 is 5.92 Å². The lowest BCUT2D eigenvalue weighted by Crippen LogP contribution is -2.50. The molecule has 6 nitrogen and oxygen atoms in total. The summed E-state index contributed by atoms with van der Waals surface area (Å²) in [5, 5.41) is 14.8. The lowest BCUT2D eigenvalue weighted by molar-refractivity contribution is -0.123. The SMILES string of the molecule is CCOC1CC(NC(=O)C(/C(N)=N/O)c2ccccc2)C1. The predicted octanol–water partition coefficient (Wildman–Crippen LogP) is 1.20. The average molecular weight is 291 g/mol. The summed E-state index contributed by atoms with van der Waals surface area (Å²) in [6.45, 7) is 2.64. The molecule has 1 aliphatic carbocycles. The fourth-order valence-corrected chi connectivity index (χ4v) is 2.50. The number of nitrogens with two attached hydrogens (primary N) is 1. The van der Waals surface area contributed by atoms with Crippen LogP contribution in [0.25, 0.3) is 0 Å². The molecule has 114 valence electrons. The second-order valence-corrected chi connectivity index (χ2v) is 5.12. The summed E-state index contributed by atoms with van der Waals surface area (Å²) in [5.74, 6) is -1.14. The fraction of sp³-hybridized carbons (Fsp3) is 0.467. The summed E-state index contributed by atoms with van der Waals surface area (Å²) in [5.41, 5.74) is 6.37. The van der Waals surface area contributed by atoms with E-state index in [1.807, 2.05) is 25.1 Å². The van der Waals surface area contributed by atoms with Gasteiger partial charge in [-0.25, -0.2) is 0 Å². The highest BCUT2D eigenvalue weighted by Crippen LogP contribution is 2.25. The minimum atomic E-state index is -0.776. The summed E-state index contributed by atoms with van der Waals surface area (Å²) >= 11 is 0. The molecule has 1 unspecified atom stereocenters. The van der Waals surface area contributed by atoms with Gasteiger partial charge in [0.1, 0.15) is 5.92 Å². The zero-order chi connectivity index (χ0) is 15.2. The number of hydrogen-bond acceptors (Lipinski definition) is 4. The van der Waals surface area contributed by atoms with Gasteiger partial charge in [-0.3, -0.25) is 4.79 Å². The Morgan fingerprint density at radius 2 is 2.14 bits per heavy atom. The first kappa shape index (κ1) is 15.3. The summed E-state index contributed by atoms with van der Waals surface area (Å²) in [6, 6.07) is 9.14. The second-order valence-electron chi connectivity index (χ2n) is 5.12. The Labute approximate surface area is 124 Å². The van der Waals surface area contributed by atoms with Crippen molar-refractivity contribution in [1.82, 2.24) is 5.32 Å². The molecule has 1 atom stereocenters. The first-order valence-corrected chi connectivity index (χ1v) is 7.10. The highest BCUT2D eigenvalue weighted by atomic mass is 16.5. The van der Waals surface area contributed by atoms with Crippen molar-refractivity contribution in [2.75, 3.05) is 6.61 Å². The summed E-state index contributed by atoms with van der Waals surface area (Å²) in [7, 11) is 0. The van der Waals surface area contributed by atoms with Crippen molar-refractivity contribution < 1.29 is 14.7 Å². The first-order chi connectivity index (χ1) is 10.2. The number of amidine groups is 1. The highest BCUT2D eigenvalue weighted by molar-refractivity contribution is 6.07. The lowest BCUT2D eigenvalue weighted by Gasteiger charge is -2.36. The summed E-state index contributed by atoms with van der Waals surface area (Å²) in [4.78, 5) is 12.4. The zero-order valence-electron chi connectivity index (χ0n) is 12.0. The van der Waals surface area contributed by atoms with Crippen LogP contribution in [-0.2, 0) is 9.53 Å². The van der Waals surface area contributed by atoms with E-state index in [1.165, 1.54) is 0 Å². The molecule has 6 heteroatoms. The molecule has 1 amide bonds. The van der Waals surface area contributed by atoms with Crippen LogP contribution in [0.1, 0.15) is 31.2 Å². The number of nitrogens with one attached hydrogen (secondary N) is 1. The molecule has 1 saturated carbocycles. The minimum Gasteiger partial charge on any atom is -0.409 e. The van der Waals surface area contributed by atoms with Crippen LogP contribution < -0.4 is 11.1 Å². The molecular weight excluding hydrogens is 270 g/mol. The van der Waals surface area contributed by atoms with Crippen LogP contribution in [0.3, 0.4) is 0 Å². The standard InChI is InChI=1S/C15H21N3O3/c1-2-21-12-8-11(9-12)17-15(19)13(14(16)18-20)10-6-4-3-5-7-10/h3-7,11-13,20H,2,8-9H2,1H3,(H2,16,18)(H,17,19). The Morgan fingerprint density at radius 3 is 2.71 bits per heavy atom. The van der Waals surface area contributed by atoms with Crippen molar-refractivity contribution in [1.29, 1.82) is 0 Å². The zero-order valence-corrected chi connectivity index (χ0v) is 12.0. The molecule has 0 aromatic heterocycles. The van der Waals surface area contributed by atoms with Crippen molar-refractivity contribution in [3.63, 3.8) is 0 Å². The van der Waals surface area contributed by atoms with Crippen LogP contribution in [-0.4, -0.2) is 35.7 Å². The molecule has 0 saturated heterocycles. The number of amides is 1. The van der Waals surface area contributed by atoms with Gasteiger partial charge < -0.3 is 21.0 Å². The number of benzene rings is 1. The van der Waals surface area contributed by atoms with Crippen LogP contribution in [0.2, 0.25) is 0 Å². The lowest BCUT2D eigenvalue weighted by atomic mass is 9.88. The number of carbonyl (C=O) groups excluding carboxylic acids is 1. The molecule has 0 aliphatic heterocycles. The summed E-state index contributed by atoms with van der Waals surface area (Å²) in [6.07, 6.45) is 1.83. The van der Waals surface area contributed by atoms with Crippen LogP contribution in [0.4, 0.5) is 0 Å². The first-order valence-electron chi connectivity index (χ1n) is 7.10. The van der Waals surface area contributed by atoms with Crippen molar-refractivity contribution in [3.8, 4) is 0 Å². The van der Waals surface area contributed by atoms with Crippen LogP contribution in [0, 0.1) is 0 Å². The Bertz CT molecular complexity index is 498. The number of rotatable bonds is 6. The van der Waals surface area contributed by atoms with Crippen LogP contribution in [0.15, 0.2) is 35.5 Å². The van der Waals surface area contributed by atoms with E-state index in [2.05, 4.69) is 10.5 Å². The van der Waals surface area contributed by atoms with Gasteiger partial charge in [0, 0.05) is 12.6 Å². The maximum absolute atomic E-state index is 12.4. The normalized spacial score (nSPS) is 23.2. The van der Waals surface area contributed by atoms with Gasteiger partial charge in [0.25, 0.3) is 0 Å². The van der Waals surface area contributed by atoms with Gasteiger partial charge in [-0.1, -0.05) is 35.5 Å². The van der Waals surface area contributed by atoms with Crippen molar-refractivity contribution in [2.45, 2.75) is 37.8 Å². The molecule has 0 radical (unpaired) electrons. The third kappa shape index (κ3) is 3.72. The largest absolute Gasteiger partial charge is 0.409 e. The third-order valence-corrected chi connectivity index (χ3v) is 3.65. The van der Waals surface area contributed by atoms with Crippen LogP contribution >= 0.6 is 0 Å². The highest BCUT2D eigenvalue weighted by Gasteiger charge is 2.34. The second kappa shape index (κ2) is 7.08. The average Bonchev–Trinajstić information content (AvgIpc) is 2.46. The molecule has 0 bridgehead atoms. The van der Waals surface area contributed by atoms with Gasteiger partial charge in [-0.2, -0.15) is 0 Å². The molecule has 2 rings (SSSR count). The summed E-state index contributed by atoms with van der Waals surface area (Å²) < 4.78 is 5.46. The van der Waals surface area contributed by atoms with Crippen LogP contribution in [0.5, 0.6) is 0 Å². The van der Waals surface area contributed by atoms with Crippen molar-refractivity contribution in [2.24, 2.45) is 10.9 Å². The van der Waals surface area contributed by atoms with Gasteiger partial charge in [-0.15, -0.1) is 0 Å². The number of carbonyl (C=O) groups is 1. The molecule has 4 N–H and O–H groups in total. The quantitative estimate of drug-likeness (QED) is 0.317.